The van der Waals surface area contributed by atoms with Crippen molar-refractivity contribution in [2.24, 2.45) is 0 Å². The van der Waals surface area contributed by atoms with E-state index in [2.05, 4.69) is 0 Å². The molecule has 0 aliphatic rings. The molecule has 0 fully saturated rings. The number of fused-ring (bicyclic) bond motifs is 1. The average Bonchev–Trinajstić information content (AvgIpc) is 2.69. The number of hydrogen-bond acceptors (Lipinski definition) is 3. The van der Waals surface area contributed by atoms with Crippen LogP contribution in [0.25, 0.3) is 17.1 Å². The Bertz CT molecular complexity index is 1210. The first kappa shape index (κ1) is 9.74. The highest BCUT2D eigenvalue weighted by molar-refractivity contribution is 6.05. The first-order chi connectivity index (χ1) is 13.2. The van der Waals surface area contributed by atoms with Crippen molar-refractivity contribution in [1.82, 2.24) is 4.73 Å². The molecule has 0 saturated heterocycles. The van der Waals surface area contributed by atoms with Crippen molar-refractivity contribution in [3.63, 3.8) is 0 Å². The number of ketones is 1. The molecule has 0 unspecified atom stereocenters. The van der Waals surface area contributed by atoms with Gasteiger partial charge in [0.25, 0.3) is 11.3 Å². The van der Waals surface area contributed by atoms with Gasteiger partial charge in [0.05, 0.1) is 11.3 Å². The van der Waals surface area contributed by atoms with E-state index in [1.54, 1.807) is 12.1 Å². The Kier molecular flexibility index (Phi) is 2.49. The van der Waals surface area contributed by atoms with E-state index in [-0.39, 0.29) is 28.0 Å². The van der Waals surface area contributed by atoms with Crippen LogP contribution in [-0.4, -0.2) is 15.7 Å². The van der Waals surface area contributed by atoms with Crippen molar-refractivity contribution in [2.45, 2.75) is 6.92 Å². The zero-order chi connectivity index (χ0) is 20.7. The highest BCUT2D eigenvalue weighted by Crippen LogP contribution is 2.14. The van der Waals surface area contributed by atoms with Crippen molar-refractivity contribution < 1.29 is 21.3 Å². The Hall–Kier alpha value is -3.21. The maximum Gasteiger partial charge on any atom is 0.332 e. The van der Waals surface area contributed by atoms with Gasteiger partial charge in [0.2, 0.25) is 0 Å². The lowest BCUT2D eigenvalue weighted by Crippen LogP contribution is -2.30. The second-order valence-electron chi connectivity index (χ2n) is 4.77. The monoisotopic (exact) mass is 312 g/mol. The van der Waals surface area contributed by atoms with Gasteiger partial charge in [0.1, 0.15) is 5.69 Å². The van der Waals surface area contributed by atoms with E-state index in [1.165, 1.54) is 19.1 Å². The molecule has 0 bridgehead atoms. The van der Waals surface area contributed by atoms with E-state index in [9.17, 15) is 14.9 Å². The highest BCUT2D eigenvalue weighted by Gasteiger charge is 2.26. The van der Waals surface area contributed by atoms with Gasteiger partial charge in [0, 0.05) is 11.0 Å². The van der Waals surface area contributed by atoms with E-state index in [0.717, 1.165) is 16.9 Å². The normalized spacial score (nSPS) is 14.2. The summed E-state index contributed by atoms with van der Waals surface area (Å²) in [6.07, 6.45) is 2.01. The Morgan fingerprint density at radius 3 is 2.70 bits per heavy atom. The molecule has 3 rings (SSSR count). The smallest absolute Gasteiger partial charge is 0.332 e. The van der Waals surface area contributed by atoms with Crippen LogP contribution in [0.5, 0.6) is 0 Å². The molecule has 3 aromatic rings. The maximum absolute atomic E-state index is 12.6. The third-order valence-corrected chi connectivity index (χ3v) is 3.35. The van der Waals surface area contributed by atoms with Gasteiger partial charge in [-0.05, 0) is 24.6 Å². The Labute approximate surface area is 139 Å². The maximum atomic E-state index is 12.6. The zero-order valence-corrected chi connectivity index (χ0v) is 12.1. The minimum Gasteiger partial charge on any atom is -0.428 e. The fourth-order valence-corrected chi connectivity index (χ4v) is 2.22. The SMILES string of the molecule is [2H]c1c([2H])c([2H])c(/C=C/C(=O)c2c(C)n(O)c3ccccc3[n+]2=O)c([2H])c1[2H]. The van der Waals surface area contributed by atoms with Crippen LogP contribution < -0.4 is 4.43 Å². The van der Waals surface area contributed by atoms with Gasteiger partial charge in [-0.2, -0.15) is 4.73 Å². The minimum atomic E-state index is -0.784. The summed E-state index contributed by atoms with van der Waals surface area (Å²) in [6.45, 7) is 1.40. The molecule has 0 spiro atoms. The van der Waals surface area contributed by atoms with Crippen LogP contribution in [0.1, 0.15) is 28.6 Å². The Balaban J connectivity index is 2.15. The van der Waals surface area contributed by atoms with Crippen LogP contribution in [0.4, 0.5) is 0 Å². The van der Waals surface area contributed by atoms with Crippen molar-refractivity contribution in [3.8, 4) is 0 Å². The second kappa shape index (κ2) is 5.88. The molecule has 0 aliphatic carbocycles. The molecule has 0 atom stereocenters. The third kappa shape index (κ3) is 2.64. The summed E-state index contributed by atoms with van der Waals surface area (Å²) in [6, 6.07) is 3.68. The standard InChI is InChI=1S/C18H15N2O3/c1-13-18(17(21)12-11-14-7-3-2-4-8-14)20(23)16-10-6-5-9-15(16)19(13)22/h2-12,22H,1H3/q+1/b12-11+/i2D,3D,4D,7D,8D. The molecule has 1 aromatic heterocycles. The molecule has 1 heterocycles. The summed E-state index contributed by atoms with van der Waals surface area (Å²) in [5.74, 6) is -0.784. The molecular weight excluding hydrogens is 292 g/mol. The second-order valence-corrected chi connectivity index (χ2v) is 4.77. The molecular formula is C18H15N2O3+. The number of aromatic nitrogens is 2. The van der Waals surface area contributed by atoms with Gasteiger partial charge in [0.15, 0.2) is 5.52 Å². The third-order valence-electron chi connectivity index (χ3n) is 3.35. The number of hydrogen-bond donors (Lipinski definition) is 1. The van der Waals surface area contributed by atoms with Crippen molar-refractivity contribution in [2.75, 3.05) is 0 Å². The minimum absolute atomic E-state index is 0.00408. The topological polar surface area (TPSA) is 65.2 Å². The summed E-state index contributed by atoms with van der Waals surface area (Å²) in [5, 5.41) is 10.2. The first-order valence-corrected chi connectivity index (χ1v) is 6.72. The van der Waals surface area contributed by atoms with Gasteiger partial charge >= 0.3 is 5.69 Å². The molecule has 2 aromatic carbocycles. The summed E-state index contributed by atoms with van der Waals surface area (Å²) in [7, 11) is 0. The van der Waals surface area contributed by atoms with Gasteiger partial charge in [-0.25, -0.2) is 0 Å². The van der Waals surface area contributed by atoms with Gasteiger partial charge in [-0.15, -0.1) is 0 Å². The summed E-state index contributed by atoms with van der Waals surface area (Å²) in [4.78, 5) is 25.2. The number of carbonyl (C=O) groups excluding carboxylic acids is 1. The fourth-order valence-electron chi connectivity index (χ4n) is 2.22. The quantitative estimate of drug-likeness (QED) is 0.350. The summed E-state index contributed by atoms with van der Waals surface area (Å²) >= 11 is 0. The summed E-state index contributed by atoms with van der Waals surface area (Å²) < 4.78 is 39.7. The number of nitrogens with zero attached hydrogens (tertiary/aromatic N) is 2. The van der Waals surface area contributed by atoms with E-state index in [1.807, 2.05) is 0 Å². The van der Waals surface area contributed by atoms with Crippen LogP contribution in [0, 0.1) is 11.8 Å². The molecule has 5 heteroatoms. The van der Waals surface area contributed by atoms with Crippen molar-refractivity contribution in [1.29, 1.82) is 0 Å². The molecule has 5 nitrogen and oxygen atoms in total. The number of carbonyl (C=O) groups is 1. The van der Waals surface area contributed by atoms with Crippen LogP contribution >= 0.6 is 0 Å². The molecule has 0 radical (unpaired) electrons. The largest absolute Gasteiger partial charge is 0.428 e. The highest BCUT2D eigenvalue weighted by atomic mass is 16.5. The fraction of sp³-hybridized carbons (Fsp3) is 0.0556. The van der Waals surface area contributed by atoms with E-state index >= 15 is 0 Å². The summed E-state index contributed by atoms with van der Waals surface area (Å²) in [5.41, 5.74) is -0.211. The van der Waals surface area contributed by atoms with Crippen LogP contribution in [-0.2, 0) is 0 Å². The average molecular weight is 312 g/mol. The lowest BCUT2D eigenvalue weighted by Gasteiger charge is -2.04. The number of rotatable bonds is 3. The number of benzene rings is 2. The Morgan fingerprint density at radius 2 is 1.96 bits per heavy atom. The molecule has 1 N–H and O–H groups in total. The predicted molar refractivity (Wildman–Crippen MR) is 87.0 cm³/mol. The van der Waals surface area contributed by atoms with E-state index < -0.39 is 36.0 Å². The molecule has 0 aliphatic heterocycles. The van der Waals surface area contributed by atoms with Gasteiger partial charge in [-0.3, -0.25) is 4.79 Å². The number of para-hydroxylation sites is 2. The van der Waals surface area contributed by atoms with Gasteiger partial charge < -0.3 is 5.21 Å². The lowest BCUT2D eigenvalue weighted by molar-refractivity contribution is -0.468. The van der Waals surface area contributed by atoms with Crippen LogP contribution in [0.3, 0.4) is 0 Å². The van der Waals surface area contributed by atoms with Crippen LogP contribution in [0.15, 0.2) is 60.6 Å². The van der Waals surface area contributed by atoms with E-state index in [0.29, 0.717) is 4.43 Å². The molecule has 0 amide bonds. The molecule has 0 saturated carbocycles. The van der Waals surface area contributed by atoms with Crippen LogP contribution in [0.2, 0.25) is 0 Å². The predicted octanol–water partition coefficient (Wildman–Crippen LogP) is 3.00. The van der Waals surface area contributed by atoms with E-state index in [4.69, 9.17) is 6.85 Å². The molecule has 23 heavy (non-hydrogen) atoms. The van der Waals surface area contributed by atoms with Crippen molar-refractivity contribution >= 4 is 22.9 Å². The zero-order valence-electron chi connectivity index (χ0n) is 17.1. The first-order valence-electron chi connectivity index (χ1n) is 9.22. The number of allylic oxidation sites excluding steroid dienone is 1. The molecule has 114 valence electrons. The van der Waals surface area contributed by atoms with Gasteiger partial charge in [-0.1, -0.05) is 48.4 Å². The van der Waals surface area contributed by atoms with Crippen molar-refractivity contribution in [3.05, 3.63) is 82.4 Å². The lowest BCUT2D eigenvalue weighted by atomic mass is 10.1. The Morgan fingerprint density at radius 1 is 1.26 bits per heavy atom.